The van der Waals surface area contributed by atoms with Crippen LogP contribution in [-0.2, 0) is 4.94 Å². The van der Waals surface area contributed by atoms with E-state index in [2.05, 4.69) is 4.94 Å². The van der Waals surface area contributed by atoms with E-state index in [9.17, 15) is 8.92 Å². The van der Waals surface area contributed by atoms with Gasteiger partial charge in [-0.15, -0.1) is 0 Å². The third-order valence-electron chi connectivity index (χ3n) is 1.72. The van der Waals surface area contributed by atoms with Gasteiger partial charge in [0.2, 0.25) is 0 Å². The zero-order valence-electron chi connectivity index (χ0n) is 6.32. The monoisotopic (exact) mass is 154 g/mol. The molecule has 0 saturated carbocycles. The Morgan fingerprint density at radius 2 is 1.80 bits per heavy atom. The summed E-state index contributed by atoms with van der Waals surface area (Å²) >= 11 is 0. The minimum atomic E-state index is -1.76. The van der Waals surface area contributed by atoms with Crippen LogP contribution in [0.1, 0.15) is 20.8 Å². The molecule has 0 aromatic rings. The normalized spacial score (nSPS) is 18.6. The number of rotatable bonds is 3. The summed E-state index contributed by atoms with van der Waals surface area (Å²) in [7, 11) is 0. The van der Waals surface area contributed by atoms with Gasteiger partial charge in [0.15, 0.2) is 5.60 Å². The van der Waals surface area contributed by atoms with Gasteiger partial charge >= 0.3 is 0 Å². The Hall–Kier alpha value is -0.220. The SMILES string of the molecule is CC(C)(O)C(C)(CF)OF. The van der Waals surface area contributed by atoms with Gasteiger partial charge < -0.3 is 5.11 Å². The summed E-state index contributed by atoms with van der Waals surface area (Å²) in [5.41, 5.74) is -3.27. The highest BCUT2D eigenvalue weighted by Crippen LogP contribution is 2.26. The van der Waals surface area contributed by atoms with E-state index in [0.29, 0.717) is 0 Å². The molecule has 0 aliphatic carbocycles. The Balaban J connectivity index is 4.33. The molecule has 0 heterocycles. The molecule has 62 valence electrons. The first kappa shape index (κ1) is 9.78. The Morgan fingerprint density at radius 3 is 1.80 bits per heavy atom. The second-order valence-electron chi connectivity index (χ2n) is 3.00. The van der Waals surface area contributed by atoms with Crippen LogP contribution in [0, 0.1) is 0 Å². The summed E-state index contributed by atoms with van der Waals surface area (Å²) in [4.78, 5) is 3.33. The quantitative estimate of drug-likeness (QED) is 0.665. The maximum Gasteiger partial charge on any atom is 0.162 e. The smallest absolute Gasteiger partial charge is 0.162 e. The van der Waals surface area contributed by atoms with Crippen molar-refractivity contribution in [2.24, 2.45) is 0 Å². The fraction of sp³-hybridized carbons (Fsp3) is 1.00. The molecule has 2 nitrogen and oxygen atoms in total. The van der Waals surface area contributed by atoms with E-state index in [1.807, 2.05) is 0 Å². The molecule has 0 spiro atoms. The van der Waals surface area contributed by atoms with Crippen molar-refractivity contribution in [1.82, 2.24) is 0 Å². The van der Waals surface area contributed by atoms with Crippen molar-refractivity contribution in [1.29, 1.82) is 0 Å². The highest BCUT2D eigenvalue weighted by atomic mass is 19.3. The van der Waals surface area contributed by atoms with Gasteiger partial charge in [-0.05, 0) is 25.3 Å². The van der Waals surface area contributed by atoms with E-state index < -0.39 is 17.9 Å². The Kier molecular flexibility index (Phi) is 2.74. The lowest BCUT2D eigenvalue weighted by Gasteiger charge is -2.33. The first-order chi connectivity index (χ1) is 4.37. The van der Waals surface area contributed by atoms with E-state index in [-0.39, 0.29) is 0 Å². The third kappa shape index (κ3) is 1.64. The lowest BCUT2D eigenvalue weighted by atomic mass is 9.89. The molecule has 0 bridgehead atoms. The maximum absolute atomic E-state index is 12.0. The molecule has 0 saturated heterocycles. The van der Waals surface area contributed by atoms with Gasteiger partial charge in [-0.2, -0.15) is 4.94 Å². The number of hydrogen-bond acceptors (Lipinski definition) is 2. The summed E-state index contributed by atoms with van der Waals surface area (Å²) in [6, 6.07) is 0. The molecular formula is C6H12F2O2. The largest absolute Gasteiger partial charge is 0.387 e. The Labute approximate surface area is 58.7 Å². The lowest BCUT2D eigenvalue weighted by molar-refractivity contribution is -0.288. The van der Waals surface area contributed by atoms with Crippen LogP contribution in [0.25, 0.3) is 0 Å². The molecule has 0 rings (SSSR count). The topological polar surface area (TPSA) is 29.5 Å². The van der Waals surface area contributed by atoms with Crippen LogP contribution in [0.3, 0.4) is 0 Å². The molecule has 0 amide bonds. The minimum absolute atomic E-state index is 1.06. The van der Waals surface area contributed by atoms with E-state index >= 15 is 0 Å². The highest BCUT2D eigenvalue weighted by Gasteiger charge is 2.42. The number of alkyl halides is 1. The van der Waals surface area contributed by atoms with Crippen LogP contribution in [-0.4, -0.2) is 23.0 Å². The predicted molar refractivity (Wildman–Crippen MR) is 32.9 cm³/mol. The standard InChI is InChI=1S/C6H12F2O2/c1-5(2,9)6(3,4-7)10-8/h9H,4H2,1-3H3. The predicted octanol–water partition coefficient (Wildman–Crippen LogP) is 1.39. The van der Waals surface area contributed by atoms with Crippen LogP contribution >= 0.6 is 0 Å². The van der Waals surface area contributed by atoms with Gasteiger partial charge in [-0.1, -0.05) is 0 Å². The molecule has 0 aromatic carbocycles. The zero-order valence-corrected chi connectivity index (χ0v) is 6.32. The van der Waals surface area contributed by atoms with Gasteiger partial charge in [-0.3, -0.25) is 0 Å². The minimum Gasteiger partial charge on any atom is -0.387 e. The van der Waals surface area contributed by atoms with Gasteiger partial charge in [0.05, 0.1) is 5.60 Å². The first-order valence-corrected chi connectivity index (χ1v) is 2.95. The Bertz CT molecular complexity index is 105. The van der Waals surface area contributed by atoms with Gasteiger partial charge in [0.25, 0.3) is 0 Å². The maximum atomic E-state index is 12.0. The second kappa shape index (κ2) is 2.80. The molecule has 0 aliphatic heterocycles. The summed E-state index contributed by atoms with van der Waals surface area (Å²) in [5, 5.41) is 9.13. The van der Waals surface area contributed by atoms with Gasteiger partial charge in [0, 0.05) is 0 Å². The molecule has 0 radical (unpaired) electrons. The van der Waals surface area contributed by atoms with Crippen molar-refractivity contribution in [2.75, 3.05) is 6.67 Å². The molecule has 1 atom stereocenters. The molecule has 0 aliphatic rings. The van der Waals surface area contributed by atoms with Crippen molar-refractivity contribution in [3.05, 3.63) is 0 Å². The molecule has 0 aromatic heterocycles. The third-order valence-corrected chi connectivity index (χ3v) is 1.72. The molecule has 0 fully saturated rings. The van der Waals surface area contributed by atoms with Crippen LogP contribution in [0.15, 0.2) is 0 Å². The molecule has 4 heteroatoms. The number of hydrogen-bond donors (Lipinski definition) is 1. The highest BCUT2D eigenvalue weighted by molar-refractivity contribution is 4.90. The zero-order chi connectivity index (χ0) is 8.41. The average molecular weight is 154 g/mol. The van der Waals surface area contributed by atoms with E-state index in [4.69, 9.17) is 5.11 Å². The lowest BCUT2D eigenvalue weighted by Crippen LogP contribution is -2.50. The first-order valence-electron chi connectivity index (χ1n) is 2.95. The van der Waals surface area contributed by atoms with Crippen molar-refractivity contribution in [3.63, 3.8) is 0 Å². The second-order valence-corrected chi connectivity index (χ2v) is 3.00. The molecule has 10 heavy (non-hydrogen) atoms. The van der Waals surface area contributed by atoms with Gasteiger partial charge in [-0.25, -0.2) is 4.39 Å². The molecule has 1 unspecified atom stereocenters. The van der Waals surface area contributed by atoms with Crippen molar-refractivity contribution >= 4 is 0 Å². The van der Waals surface area contributed by atoms with Crippen LogP contribution in [0.2, 0.25) is 0 Å². The van der Waals surface area contributed by atoms with Crippen LogP contribution in [0.5, 0.6) is 0 Å². The van der Waals surface area contributed by atoms with Crippen LogP contribution in [0.4, 0.5) is 8.92 Å². The van der Waals surface area contributed by atoms with E-state index in [0.717, 1.165) is 6.92 Å². The summed E-state index contributed by atoms with van der Waals surface area (Å²) in [5.74, 6) is 0. The molecular weight excluding hydrogens is 142 g/mol. The Morgan fingerprint density at radius 1 is 1.40 bits per heavy atom. The van der Waals surface area contributed by atoms with E-state index in [1.165, 1.54) is 13.8 Å². The number of halogens is 2. The summed E-state index contributed by atoms with van der Waals surface area (Å²) in [6.45, 7) is 2.66. The van der Waals surface area contributed by atoms with Crippen molar-refractivity contribution < 1.29 is 19.0 Å². The van der Waals surface area contributed by atoms with Crippen LogP contribution < -0.4 is 0 Å². The van der Waals surface area contributed by atoms with Gasteiger partial charge in [0.1, 0.15) is 6.67 Å². The average Bonchev–Trinajstić information content (AvgIpc) is 1.84. The van der Waals surface area contributed by atoms with Crippen molar-refractivity contribution in [2.45, 2.75) is 32.0 Å². The fourth-order valence-electron chi connectivity index (χ4n) is 0.279. The van der Waals surface area contributed by atoms with E-state index in [1.54, 1.807) is 0 Å². The summed E-state index contributed by atoms with van der Waals surface area (Å²) in [6.07, 6.45) is 0. The fourth-order valence-corrected chi connectivity index (χ4v) is 0.279. The number of aliphatic hydroxyl groups is 1. The summed E-state index contributed by atoms with van der Waals surface area (Å²) < 4.78 is 23.7. The molecule has 1 N–H and O–H groups in total. The van der Waals surface area contributed by atoms with Crippen molar-refractivity contribution in [3.8, 4) is 0 Å².